The van der Waals surface area contributed by atoms with Crippen molar-refractivity contribution in [2.45, 2.75) is 0 Å². The SMILES string of the molecule is NC(=O)CNC(=O)COC(=O)c1ccccc1-c1nc2ccccc2s1. The van der Waals surface area contributed by atoms with Crippen LogP contribution in [0.1, 0.15) is 10.4 Å². The maximum Gasteiger partial charge on any atom is 0.339 e. The van der Waals surface area contributed by atoms with Gasteiger partial charge in [-0.3, -0.25) is 9.59 Å². The fourth-order valence-corrected chi connectivity index (χ4v) is 3.29. The molecule has 3 N–H and O–H groups in total. The highest BCUT2D eigenvalue weighted by molar-refractivity contribution is 7.21. The Kier molecular flexibility index (Phi) is 5.23. The molecule has 7 nitrogen and oxygen atoms in total. The number of ether oxygens (including phenoxy) is 1. The molecule has 3 aromatic rings. The molecule has 0 aliphatic heterocycles. The number of fused-ring (bicyclic) bond motifs is 1. The van der Waals surface area contributed by atoms with Gasteiger partial charge in [-0.05, 0) is 18.2 Å². The molecular weight excluding hydrogens is 354 g/mol. The molecule has 0 aliphatic rings. The quantitative estimate of drug-likeness (QED) is 0.643. The number of esters is 1. The standard InChI is InChI=1S/C18H15N3O4S/c19-15(22)9-20-16(23)10-25-18(24)12-6-2-1-5-11(12)17-21-13-7-3-4-8-14(13)26-17/h1-8H,9-10H2,(H2,19,22)(H,20,23). The van der Waals surface area contributed by atoms with E-state index in [-0.39, 0.29) is 6.54 Å². The summed E-state index contributed by atoms with van der Waals surface area (Å²) in [7, 11) is 0. The summed E-state index contributed by atoms with van der Waals surface area (Å²) in [6.45, 7) is -0.807. The predicted octanol–water partition coefficient (Wildman–Crippen LogP) is 1.72. The molecule has 26 heavy (non-hydrogen) atoms. The van der Waals surface area contributed by atoms with Gasteiger partial charge in [0.1, 0.15) is 5.01 Å². The van der Waals surface area contributed by atoms with E-state index < -0.39 is 24.4 Å². The Morgan fingerprint density at radius 3 is 2.58 bits per heavy atom. The molecule has 2 aromatic carbocycles. The van der Waals surface area contributed by atoms with Gasteiger partial charge in [0.25, 0.3) is 5.91 Å². The zero-order valence-electron chi connectivity index (χ0n) is 13.6. The van der Waals surface area contributed by atoms with E-state index in [9.17, 15) is 14.4 Å². The number of aromatic nitrogens is 1. The van der Waals surface area contributed by atoms with Gasteiger partial charge in [0, 0.05) is 5.56 Å². The van der Waals surface area contributed by atoms with Crippen molar-refractivity contribution in [3.8, 4) is 10.6 Å². The highest BCUT2D eigenvalue weighted by Gasteiger charge is 2.17. The Hall–Kier alpha value is -3.26. The fourth-order valence-electron chi connectivity index (χ4n) is 2.28. The number of hydrogen-bond donors (Lipinski definition) is 2. The number of para-hydroxylation sites is 1. The molecule has 0 aliphatic carbocycles. The molecule has 0 bridgehead atoms. The number of primary amides is 1. The molecule has 3 rings (SSSR count). The van der Waals surface area contributed by atoms with Crippen molar-refractivity contribution >= 4 is 39.3 Å². The van der Waals surface area contributed by atoms with Gasteiger partial charge in [0.05, 0.1) is 22.3 Å². The minimum atomic E-state index is -0.675. The van der Waals surface area contributed by atoms with Crippen LogP contribution >= 0.6 is 11.3 Å². The van der Waals surface area contributed by atoms with E-state index in [2.05, 4.69) is 10.3 Å². The van der Waals surface area contributed by atoms with Crippen LogP contribution < -0.4 is 11.1 Å². The van der Waals surface area contributed by atoms with Crippen LogP contribution in [0.3, 0.4) is 0 Å². The second kappa shape index (κ2) is 7.75. The number of thiazole rings is 1. The molecule has 1 heterocycles. The molecular formula is C18H15N3O4S. The van der Waals surface area contributed by atoms with Crippen LogP contribution in [0.4, 0.5) is 0 Å². The number of carbonyl (C=O) groups is 3. The van der Waals surface area contributed by atoms with Gasteiger partial charge in [0.15, 0.2) is 6.61 Å². The summed E-state index contributed by atoms with van der Waals surface area (Å²) in [5.41, 5.74) is 6.73. The van der Waals surface area contributed by atoms with Crippen LogP contribution in [-0.2, 0) is 14.3 Å². The van der Waals surface area contributed by atoms with Crippen molar-refractivity contribution in [1.82, 2.24) is 10.3 Å². The highest BCUT2D eigenvalue weighted by Crippen LogP contribution is 2.32. The average Bonchev–Trinajstić information content (AvgIpc) is 3.08. The first-order chi connectivity index (χ1) is 12.5. The molecule has 0 saturated heterocycles. The molecule has 2 amide bonds. The van der Waals surface area contributed by atoms with E-state index in [1.54, 1.807) is 24.3 Å². The molecule has 1 aromatic heterocycles. The van der Waals surface area contributed by atoms with Crippen LogP contribution in [0.15, 0.2) is 48.5 Å². The normalized spacial score (nSPS) is 10.5. The van der Waals surface area contributed by atoms with Gasteiger partial charge in [0.2, 0.25) is 5.91 Å². The molecule has 8 heteroatoms. The van der Waals surface area contributed by atoms with E-state index in [0.717, 1.165) is 10.2 Å². The molecule has 0 saturated carbocycles. The first kappa shape index (κ1) is 17.6. The zero-order valence-corrected chi connectivity index (χ0v) is 14.4. The highest BCUT2D eigenvalue weighted by atomic mass is 32.1. The van der Waals surface area contributed by atoms with E-state index in [0.29, 0.717) is 16.1 Å². The summed E-state index contributed by atoms with van der Waals surface area (Å²) in [5.74, 6) is -1.92. The van der Waals surface area contributed by atoms with Crippen LogP contribution in [0.25, 0.3) is 20.8 Å². The lowest BCUT2D eigenvalue weighted by Crippen LogP contribution is -2.36. The second-order valence-electron chi connectivity index (χ2n) is 5.35. The van der Waals surface area contributed by atoms with Crippen LogP contribution in [0.5, 0.6) is 0 Å². The summed E-state index contributed by atoms with van der Waals surface area (Å²) in [6, 6.07) is 14.6. The van der Waals surface area contributed by atoms with Gasteiger partial charge in [-0.25, -0.2) is 9.78 Å². The average molecular weight is 369 g/mol. The van der Waals surface area contributed by atoms with Gasteiger partial charge < -0.3 is 15.8 Å². The van der Waals surface area contributed by atoms with Crippen molar-refractivity contribution in [2.24, 2.45) is 5.73 Å². The molecule has 0 atom stereocenters. The minimum Gasteiger partial charge on any atom is -0.452 e. The van der Waals surface area contributed by atoms with Gasteiger partial charge in [-0.2, -0.15) is 0 Å². The van der Waals surface area contributed by atoms with Crippen molar-refractivity contribution in [2.75, 3.05) is 13.2 Å². The third-order valence-electron chi connectivity index (χ3n) is 3.47. The van der Waals surface area contributed by atoms with Crippen molar-refractivity contribution in [3.05, 3.63) is 54.1 Å². The van der Waals surface area contributed by atoms with Crippen LogP contribution in [0.2, 0.25) is 0 Å². The Morgan fingerprint density at radius 1 is 1.08 bits per heavy atom. The number of nitrogens with zero attached hydrogens (tertiary/aromatic N) is 1. The predicted molar refractivity (Wildman–Crippen MR) is 97.5 cm³/mol. The number of hydrogen-bond acceptors (Lipinski definition) is 6. The largest absolute Gasteiger partial charge is 0.452 e. The van der Waals surface area contributed by atoms with Crippen molar-refractivity contribution in [3.63, 3.8) is 0 Å². The van der Waals surface area contributed by atoms with E-state index >= 15 is 0 Å². The van der Waals surface area contributed by atoms with Gasteiger partial charge >= 0.3 is 5.97 Å². The number of nitrogens with one attached hydrogen (secondary N) is 1. The first-order valence-electron chi connectivity index (χ1n) is 7.71. The van der Waals surface area contributed by atoms with Crippen LogP contribution in [-0.4, -0.2) is 35.9 Å². The number of nitrogens with two attached hydrogens (primary N) is 1. The summed E-state index contributed by atoms with van der Waals surface area (Å²) < 4.78 is 6.04. The van der Waals surface area contributed by atoms with E-state index in [1.807, 2.05) is 24.3 Å². The lowest BCUT2D eigenvalue weighted by molar-refractivity contribution is -0.127. The minimum absolute atomic E-state index is 0.307. The summed E-state index contributed by atoms with van der Waals surface area (Å²) in [6.07, 6.45) is 0. The van der Waals surface area contributed by atoms with Crippen LogP contribution in [0, 0.1) is 0 Å². The summed E-state index contributed by atoms with van der Waals surface area (Å²) in [5, 5.41) is 2.94. The fraction of sp³-hybridized carbons (Fsp3) is 0.111. The van der Waals surface area contributed by atoms with E-state index in [4.69, 9.17) is 10.5 Å². The lowest BCUT2D eigenvalue weighted by atomic mass is 10.1. The Balaban J connectivity index is 1.77. The third kappa shape index (κ3) is 4.04. The van der Waals surface area contributed by atoms with Crippen molar-refractivity contribution < 1.29 is 19.1 Å². The second-order valence-corrected chi connectivity index (χ2v) is 6.38. The van der Waals surface area contributed by atoms with Gasteiger partial charge in [-0.1, -0.05) is 30.3 Å². The molecule has 0 spiro atoms. The first-order valence-corrected chi connectivity index (χ1v) is 8.53. The number of carbonyl (C=O) groups excluding carboxylic acids is 3. The number of rotatable bonds is 6. The van der Waals surface area contributed by atoms with Gasteiger partial charge in [-0.15, -0.1) is 11.3 Å². The lowest BCUT2D eigenvalue weighted by Gasteiger charge is -2.08. The topological polar surface area (TPSA) is 111 Å². The third-order valence-corrected chi connectivity index (χ3v) is 4.54. The Labute approximate surface area is 152 Å². The van der Waals surface area contributed by atoms with Crippen molar-refractivity contribution in [1.29, 1.82) is 0 Å². The molecule has 0 unspecified atom stereocenters. The zero-order chi connectivity index (χ0) is 18.5. The number of benzene rings is 2. The summed E-state index contributed by atoms with van der Waals surface area (Å²) in [4.78, 5) is 39.1. The summed E-state index contributed by atoms with van der Waals surface area (Å²) >= 11 is 1.47. The number of amides is 2. The smallest absolute Gasteiger partial charge is 0.339 e. The van der Waals surface area contributed by atoms with E-state index in [1.165, 1.54) is 11.3 Å². The Bertz CT molecular complexity index is 950. The monoisotopic (exact) mass is 369 g/mol. The molecule has 132 valence electrons. The molecule has 0 fully saturated rings. The Morgan fingerprint density at radius 2 is 1.81 bits per heavy atom. The molecule has 0 radical (unpaired) electrons. The maximum atomic E-state index is 12.4. The maximum absolute atomic E-state index is 12.4.